The SMILES string of the molecule is N#CC(=Cc1ccc(-c2ccc(Cl)cc2)o1)C(=O)NCc1ccco1. The van der Waals surface area contributed by atoms with E-state index in [1.54, 1.807) is 36.4 Å². The number of amides is 1. The van der Waals surface area contributed by atoms with E-state index in [1.165, 1.54) is 12.3 Å². The zero-order valence-electron chi connectivity index (χ0n) is 13.0. The Kier molecular flexibility index (Phi) is 5.03. The molecular formula is C19H13ClN2O3. The quantitative estimate of drug-likeness (QED) is 0.544. The predicted molar refractivity (Wildman–Crippen MR) is 93.3 cm³/mol. The molecule has 0 unspecified atom stereocenters. The first-order valence-corrected chi connectivity index (χ1v) is 7.81. The molecule has 0 aliphatic rings. The Morgan fingerprint density at radius 2 is 2.00 bits per heavy atom. The molecule has 25 heavy (non-hydrogen) atoms. The standard InChI is InChI=1S/C19H13ClN2O3/c20-15-5-3-13(4-6-15)18-8-7-16(25-18)10-14(11-21)19(23)22-12-17-2-1-9-24-17/h1-10H,12H2,(H,22,23). The van der Waals surface area contributed by atoms with Gasteiger partial charge in [-0.25, -0.2) is 0 Å². The van der Waals surface area contributed by atoms with Crippen LogP contribution in [0, 0.1) is 11.3 Å². The molecule has 5 nitrogen and oxygen atoms in total. The highest BCUT2D eigenvalue weighted by Crippen LogP contribution is 2.24. The third-order valence-electron chi connectivity index (χ3n) is 3.41. The van der Waals surface area contributed by atoms with Crippen molar-refractivity contribution >= 4 is 23.6 Å². The molecule has 124 valence electrons. The van der Waals surface area contributed by atoms with Crippen molar-refractivity contribution in [2.24, 2.45) is 0 Å². The molecule has 3 aromatic rings. The molecule has 1 amide bonds. The molecule has 0 spiro atoms. The summed E-state index contributed by atoms with van der Waals surface area (Å²) >= 11 is 5.87. The van der Waals surface area contributed by atoms with Gasteiger partial charge in [-0.2, -0.15) is 5.26 Å². The number of carbonyl (C=O) groups excluding carboxylic acids is 1. The molecular weight excluding hydrogens is 340 g/mol. The van der Waals surface area contributed by atoms with Gasteiger partial charge in [-0.3, -0.25) is 4.79 Å². The minimum absolute atomic E-state index is 0.0523. The van der Waals surface area contributed by atoms with Gasteiger partial charge in [0.05, 0.1) is 12.8 Å². The summed E-state index contributed by atoms with van der Waals surface area (Å²) in [6.45, 7) is 0.207. The van der Waals surface area contributed by atoms with Gasteiger partial charge in [0, 0.05) is 16.7 Å². The van der Waals surface area contributed by atoms with E-state index in [4.69, 9.17) is 20.4 Å². The summed E-state index contributed by atoms with van der Waals surface area (Å²) in [5.41, 5.74) is 0.799. The van der Waals surface area contributed by atoms with Gasteiger partial charge >= 0.3 is 0 Å². The minimum Gasteiger partial charge on any atom is -0.467 e. The van der Waals surface area contributed by atoms with E-state index in [9.17, 15) is 10.1 Å². The van der Waals surface area contributed by atoms with Crippen molar-refractivity contribution in [1.82, 2.24) is 5.32 Å². The first-order valence-electron chi connectivity index (χ1n) is 7.44. The maximum atomic E-state index is 12.1. The Morgan fingerprint density at radius 1 is 1.20 bits per heavy atom. The molecule has 2 aromatic heterocycles. The van der Waals surface area contributed by atoms with Crippen molar-refractivity contribution in [1.29, 1.82) is 5.26 Å². The number of hydrogen-bond donors (Lipinski definition) is 1. The molecule has 3 rings (SSSR count). The molecule has 2 heterocycles. The average Bonchev–Trinajstić information content (AvgIpc) is 3.30. The lowest BCUT2D eigenvalue weighted by molar-refractivity contribution is -0.117. The summed E-state index contributed by atoms with van der Waals surface area (Å²) in [4.78, 5) is 12.1. The summed E-state index contributed by atoms with van der Waals surface area (Å²) < 4.78 is 10.8. The normalized spacial score (nSPS) is 11.1. The van der Waals surface area contributed by atoms with Crippen molar-refractivity contribution in [2.45, 2.75) is 6.54 Å². The highest BCUT2D eigenvalue weighted by molar-refractivity contribution is 6.30. The van der Waals surface area contributed by atoms with Gasteiger partial charge in [0.1, 0.15) is 28.9 Å². The highest BCUT2D eigenvalue weighted by atomic mass is 35.5. The fraction of sp³-hybridized carbons (Fsp3) is 0.0526. The zero-order valence-corrected chi connectivity index (χ0v) is 13.8. The van der Waals surface area contributed by atoms with Crippen LogP contribution in [-0.4, -0.2) is 5.91 Å². The predicted octanol–water partition coefficient (Wildman–Crippen LogP) is 4.42. The van der Waals surface area contributed by atoms with Crippen LogP contribution in [0.4, 0.5) is 0 Å². The van der Waals surface area contributed by atoms with E-state index in [1.807, 2.05) is 18.2 Å². The van der Waals surface area contributed by atoms with Crippen LogP contribution < -0.4 is 5.32 Å². The molecule has 0 fully saturated rings. The summed E-state index contributed by atoms with van der Waals surface area (Å²) in [5.74, 6) is 1.14. The third kappa shape index (κ3) is 4.19. The highest BCUT2D eigenvalue weighted by Gasteiger charge is 2.11. The van der Waals surface area contributed by atoms with Gasteiger partial charge in [0.25, 0.3) is 5.91 Å². The van der Waals surface area contributed by atoms with E-state index >= 15 is 0 Å². The van der Waals surface area contributed by atoms with Gasteiger partial charge in [0.2, 0.25) is 0 Å². The van der Waals surface area contributed by atoms with Crippen LogP contribution in [0.5, 0.6) is 0 Å². The maximum absolute atomic E-state index is 12.1. The van der Waals surface area contributed by atoms with Crippen LogP contribution in [0.15, 0.2) is 69.2 Å². The molecule has 0 saturated heterocycles. The number of halogens is 1. The van der Waals surface area contributed by atoms with Crippen molar-refractivity contribution in [2.75, 3.05) is 0 Å². The summed E-state index contributed by atoms with van der Waals surface area (Å²) in [6, 6.07) is 16.0. The van der Waals surface area contributed by atoms with E-state index in [0.717, 1.165) is 5.56 Å². The minimum atomic E-state index is -0.497. The summed E-state index contributed by atoms with van der Waals surface area (Å²) in [6.07, 6.45) is 2.92. The molecule has 6 heteroatoms. The lowest BCUT2D eigenvalue weighted by atomic mass is 10.2. The fourth-order valence-corrected chi connectivity index (χ4v) is 2.29. The largest absolute Gasteiger partial charge is 0.467 e. The Bertz CT molecular complexity index is 932. The average molecular weight is 353 g/mol. The van der Waals surface area contributed by atoms with Crippen LogP contribution in [0.3, 0.4) is 0 Å². The Labute approximate surface area is 149 Å². The van der Waals surface area contributed by atoms with Crippen LogP contribution in [-0.2, 0) is 11.3 Å². The number of carbonyl (C=O) groups is 1. The third-order valence-corrected chi connectivity index (χ3v) is 3.66. The summed E-state index contributed by atoms with van der Waals surface area (Å²) in [7, 11) is 0. The Morgan fingerprint density at radius 3 is 2.68 bits per heavy atom. The van der Waals surface area contributed by atoms with E-state index in [2.05, 4.69) is 5.32 Å². The monoisotopic (exact) mass is 352 g/mol. The number of nitriles is 1. The summed E-state index contributed by atoms with van der Waals surface area (Å²) in [5, 5.41) is 12.5. The van der Waals surface area contributed by atoms with E-state index < -0.39 is 5.91 Å². The second-order valence-corrected chi connectivity index (χ2v) is 5.58. The second kappa shape index (κ2) is 7.56. The maximum Gasteiger partial charge on any atom is 0.262 e. The molecule has 0 aliphatic heterocycles. The Balaban J connectivity index is 1.72. The molecule has 0 radical (unpaired) electrons. The number of hydrogen-bond acceptors (Lipinski definition) is 4. The smallest absolute Gasteiger partial charge is 0.262 e. The van der Waals surface area contributed by atoms with Crippen LogP contribution >= 0.6 is 11.6 Å². The van der Waals surface area contributed by atoms with Crippen LogP contribution in [0.1, 0.15) is 11.5 Å². The molecule has 0 bridgehead atoms. The Hall–Kier alpha value is -3.23. The first kappa shape index (κ1) is 16.6. The van der Waals surface area contributed by atoms with Crippen LogP contribution in [0.25, 0.3) is 17.4 Å². The van der Waals surface area contributed by atoms with Crippen molar-refractivity contribution in [3.8, 4) is 17.4 Å². The zero-order chi connectivity index (χ0) is 17.6. The second-order valence-electron chi connectivity index (χ2n) is 5.14. The number of rotatable bonds is 5. The lowest BCUT2D eigenvalue weighted by Gasteiger charge is -2.01. The fourth-order valence-electron chi connectivity index (χ4n) is 2.17. The molecule has 0 atom stereocenters. The topological polar surface area (TPSA) is 79.2 Å². The van der Waals surface area contributed by atoms with Crippen molar-refractivity contribution < 1.29 is 13.6 Å². The number of nitrogens with zero attached hydrogens (tertiary/aromatic N) is 1. The van der Waals surface area contributed by atoms with E-state index in [0.29, 0.717) is 22.3 Å². The number of furan rings is 2. The van der Waals surface area contributed by atoms with Gasteiger partial charge < -0.3 is 14.2 Å². The lowest BCUT2D eigenvalue weighted by Crippen LogP contribution is -2.23. The number of nitrogens with one attached hydrogen (secondary N) is 1. The van der Waals surface area contributed by atoms with Crippen molar-refractivity contribution in [3.05, 3.63) is 76.9 Å². The van der Waals surface area contributed by atoms with Gasteiger partial charge in [0.15, 0.2) is 0 Å². The van der Waals surface area contributed by atoms with Crippen LogP contribution in [0.2, 0.25) is 5.02 Å². The van der Waals surface area contributed by atoms with Crippen molar-refractivity contribution in [3.63, 3.8) is 0 Å². The molecule has 1 aromatic carbocycles. The molecule has 0 saturated carbocycles. The molecule has 0 aliphatic carbocycles. The molecule has 1 N–H and O–H groups in total. The first-order chi connectivity index (χ1) is 12.2. The van der Waals surface area contributed by atoms with Gasteiger partial charge in [-0.15, -0.1) is 0 Å². The van der Waals surface area contributed by atoms with Gasteiger partial charge in [-0.05, 0) is 48.5 Å². The number of benzene rings is 1. The van der Waals surface area contributed by atoms with Gasteiger partial charge in [-0.1, -0.05) is 11.6 Å². The van der Waals surface area contributed by atoms with E-state index in [-0.39, 0.29) is 12.1 Å².